The predicted octanol–water partition coefficient (Wildman–Crippen LogP) is 6.66. The van der Waals surface area contributed by atoms with E-state index in [1.165, 1.54) is 11.8 Å². The molecule has 0 saturated heterocycles. The summed E-state index contributed by atoms with van der Waals surface area (Å²) in [4.78, 5) is 23.3. The first-order valence-corrected chi connectivity index (χ1v) is 12.3. The molecule has 0 aliphatic heterocycles. The van der Waals surface area contributed by atoms with Crippen LogP contribution in [0.3, 0.4) is 0 Å². The van der Waals surface area contributed by atoms with E-state index in [1.54, 1.807) is 24.8 Å². The SMILES string of the molecule is C=CSC(=NC)NC.CC(C)(C=O)C(c1ccccc1)c1ccc2[nH]c(-c3ccncc3)cc2c1. The van der Waals surface area contributed by atoms with Gasteiger partial charge in [-0.15, -0.1) is 0 Å². The average Bonchev–Trinajstić information content (AvgIpc) is 3.32. The van der Waals surface area contributed by atoms with Crippen molar-refractivity contribution in [3.05, 3.63) is 102 Å². The molecule has 0 aliphatic carbocycles. The van der Waals surface area contributed by atoms with Gasteiger partial charge >= 0.3 is 0 Å². The van der Waals surface area contributed by atoms with Crippen LogP contribution >= 0.6 is 11.8 Å². The summed E-state index contributed by atoms with van der Waals surface area (Å²) in [6, 6.07) is 22.8. The number of aromatic nitrogens is 2. The molecule has 2 N–H and O–H groups in total. The van der Waals surface area contributed by atoms with Crippen LogP contribution in [0.2, 0.25) is 0 Å². The van der Waals surface area contributed by atoms with E-state index in [-0.39, 0.29) is 5.92 Å². The lowest BCUT2D eigenvalue weighted by atomic mass is 9.72. The lowest BCUT2D eigenvalue weighted by molar-refractivity contribution is -0.115. The smallest absolute Gasteiger partial charge is 0.160 e. The van der Waals surface area contributed by atoms with Crippen LogP contribution in [-0.2, 0) is 4.79 Å². The molecule has 1 atom stereocenters. The van der Waals surface area contributed by atoms with Crippen molar-refractivity contribution in [2.45, 2.75) is 19.8 Å². The second kappa shape index (κ2) is 12.2. The van der Waals surface area contributed by atoms with Gasteiger partial charge < -0.3 is 15.1 Å². The zero-order valence-corrected chi connectivity index (χ0v) is 21.5. The Balaban J connectivity index is 0.000000371. The fourth-order valence-corrected chi connectivity index (χ4v) is 4.47. The maximum Gasteiger partial charge on any atom is 0.160 e. The van der Waals surface area contributed by atoms with Crippen LogP contribution in [-0.4, -0.2) is 35.5 Å². The Labute approximate surface area is 211 Å². The molecule has 0 saturated carbocycles. The van der Waals surface area contributed by atoms with Crippen molar-refractivity contribution in [2.24, 2.45) is 10.4 Å². The van der Waals surface area contributed by atoms with Crippen molar-refractivity contribution < 1.29 is 4.79 Å². The van der Waals surface area contributed by atoms with Gasteiger partial charge in [0.25, 0.3) is 0 Å². The number of amidine groups is 1. The summed E-state index contributed by atoms with van der Waals surface area (Å²) in [5.74, 6) is -0.000115. The first kappa shape index (κ1) is 26.0. The van der Waals surface area contributed by atoms with Gasteiger partial charge in [0.1, 0.15) is 6.29 Å². The van der Waals surface area contributed by atoms with E-state index in [0.717, 1.165) is 44.7 Å². The third-order valence-electron chi connectivity index (χ3n) is 5.76. The van der Waals surface area contributed by atoms with E-state index >= 15 is 0 Å². The summed E-state index contributed by atoms with van der Waals surface area (Å²) in [5.41, 5.74) is 5.05. The zero-order chi connectivity index (χ0) is 25.3. The van der Waals surface area contributed by atoms with E-state index in [2.05, 4.69) is 63.3 Å². The number of thioether (sulfide) groups is 1. The molecule has 2 aromatic carbocycles. The van der Waals surface area contributed by atoms with Gasteiger partial charge in [0.05, 0.1) is 0 Å². The Morgan fingerprint density at radius 2 is 1.80 bits per heavy atom. The van der Waals surface area contributed by atoms with Gasteiger partial charge in [0.15, 0.2) is 5.17 Å². The summed E-state index contributed by atoms with van der Waals surface area (Å²) in [6.07, 6.45) is 4.66. The van der Waals surface area contributed by atoms with E-state index in [0.29, 0.717) is 0 Å². The normalized spacial score (nSPS) is 12.4. The van der Waals surface area contributed by atoms with Gasteiger partial charge in [-0.2, -0.15) is 0 Å². The molecule has 180 valence electrons. The minimum atomic E-state index is -0.501. The van der Waals surface area contributed by atoms with Crippen LogP contribution in [0.1, 0.15) is 30.9 Å². The molecule has 0 aliphatic rings. The minimum Gasteiger partial charge on any atom is -0.368 e. The molecule has 6 heteroatoms. The number of hydrogen-bond donors (Lipinski definition) is 2. The number of aldehydes is 1. The summed E-state index contributed by atoms with van der Waals surface area (Å²) in [5, 5.41) is 6.66. The number of rotatable bonds is 6. The number of fused-ring (bicyclic) bond motifs is 1. The molecule has 2 aromatic heterocycles. The molecule has 0 bridgehead atoms. The van der Waals surface area contributed by atoms with Gasteiger partial charge in [-0.05, 0) is 46.9 Å². The number of carbonyl (C=O) groups excluding carboxylic acids is 1. The van der Waals surface area contributed by atoms with Gasteiger partial charge in [0, 0.05) is 60.0 Å². The largest absolute Gasteiger partial charge is 0.368 e. The second-order valence-corrected chi connectivity index (χ2v) is 9.57. The van der Waals surface area contributed by atoms with Crippen molar-refractivity contribution in [1.82, 2.24) is 15.3 Å². The third kappa shape index (κ3) is 6.49. The van der Waals surface area contributed by atoms with Crippen LogP contribution in [0.5, 0.6) is 0 Å². The monoisotopic (exact) mass is 484 g/mol. The fraction of sp³-hybridized carbons (Fsp3) is 0.207. The van der Waals surface area contributed by atoms with Crippen molar-refractivity contribution in [2.75, 3.05) is 14.1 Å². The number of aromatic amines is 1. The van der Waals surface area contributed by atoms with Gasteiger partial charge in [-0.3, -0.25) is 9.98 Å². The number of carbonyl (C=O) groups is 1. The highest BCUT2D eigenvalue weighted by atomic mass is 32.2. The molecule has 1 unspecified atom stereocenters. The standard InChI is InChI=1S/C24H22N2O.C5H10N2S/c1-24(2,16-27)23(18-6-4-3-5-7-18)19-8-9-21-20(14-19)15-22(26-21)17-10-12-25-13-11-17;1-4-8-5(6-2)7-3/h3-16,23,26H,1-2H3;4H,1H2,2-3H3,(H,6,7). The predicted molar refractivity (Wildman–Crippen MR) is 150 cm³/mol. The highest BCUT2D eigenvalue weighted by molar-refractivity contribution is 8.16. The molecule has 5 nitrogen and oxygen atoms in total. The molecule has 4 rings (SSSR count). The lowest BCUT2D eigenvalue weighted by Crippen LogP contribution is -2.24. The Kier molecular flexibility index (Phi) is 9.04. The molecule has 0 fully saturated rings. The topological polar surface area (TPSA) is 70.1 Å². The van der Waals surface area contributed by atoms with Crippen LogP contribution < -0.4 is 5.32 Å². The maximum atomic E-state index is 11.9. The molecular formula is C29H32N4OS. The average molecular weight is 485 g/mol. The van der Waals surface area contributed by atoms with Crippen molar-refractivity contribution in [1.29, 1.82) is 0 Å². The summed E-state index contributed by atoms with van der Waals surface area (Å²) in [7, 11) is 3.57. The number of nitrogens with one attached hydrogen (secondary N) is 2. The zero-order valence-electron chi connectivity index (χ0n) is 20.7. The molecule has 0 amide bonds. The Hall–Kier alpha value is -3.64. The second-order valence-electron chi connectivity index (χ2n) is 8.61. The number of aliphatic imine (C=N–C) groups is 1. The fourth-order valence-electron chi connectivity index (χ4n) is 4.09. The number of nitrogens with zero attached hydrogens (tertiary/aromatic N) is 2. The number of benzene rings is 2. The third-order valence-corrected chi connectivity index (χ3v) is 6.54. The van der Waals surface area contributed by atoms with Crippen molar-refractivity contribution in [3.8, 4) is 11.3 Å². The van der Waals surface area contributed by atoms with Crippen LogP contribution in [0.15, 0.2) is 96.1 Å². The van der Waals surface area contributed by atoms with E-state index in [4.69, 9.17) is 0 Å². The first-order valence-electron chi connectivity index (χ1n) is 11.4. The quantitative estimate of drug-likeness (QED) is 0.182. The van der Waals surface area contributed by atoms with E-state index in [1.807, 2.05) is 51.2 Å². The summed E-state index contributed by atoms with van der Waals surface area (Å²) >= 11 is 1.48. The van der Waals surface area contributed by atoms with Gasteiger partial charge in [0.2, 0.25) is 0 Å². The van der Waals surface area contributed by atoms with E-state index < -0.39 is 5.41 Å². The number of hydrogen-bond acceptors (Lipinski definition) is 4. The number of pyridine rings is 1. The summed E-state index contributed by atoms with van der Waals surface area (Å²) in [6.45, 7) is 7.54. The lowest BCUT2D eigenvalue weighted by Gasteiger charge is -2.30. The van der Waals surface area contributed by atoms with Crippen molar-refractivity contribution in [3.63, 3.8) is 0 Å². The van der Waals surface area contributed by atoms with Gasteiger partial charge in [-0.1, -0.05) is 68.6 Å². The highest BCUT2D eigenvalue weighted by Gasteiger charge is 2.32. The van der Waals surface area contributed by atoms with Crippen molar-refractivity contribution >= 4 is 34.1 Å². The molecule has 2 heterocycles. The van der Waals surface area contributed by atoms with Crippen LogP contribution in [0.25, 0.3) is 22.2 Å². The molecule has 0 spiro atoms. The molecule has 0 radical (unpaired) electrons. The molecule has 35 heavy (non-hydrogen) atoms. The van der Waals surface area contributed by atoms with Crippen LogP contribution in [0.4, 0.5) is 0 Å². The summed E-state index contributed by atoms with van der Waals surface area (Å²) < 4.78 is 0. The van der Waals surface area contributed by atoms with E-state index in [9.17, 15) is 4.79 Å². The minimum absolute atomic E-state index is 0.000115. The van der Waals surface area contributed by atoms with Gasteiger partial charge in [-0.25, -0.2) is 0 Å². The maximum absolute atomic E-state index is 11.9. The molecular weight excluding hydrogens is 452 g/mol. The Morgan fingerprint density at radius 3 is 2.37 bits per heavy atom. The Morgan fingerprint density at radius 1 is 1.09 bits per heavy atom. The highest BCUT2D eigenvalue weighted by Crippen LogP contribution is 2.40. The first-order chi connectivity index (χ1) is 16.9. The molecule has 4 aromatic rings. The van der Waals surface area contributed by atoms with Crippen LogP contribution in [0, 0.1) is 5.41 Å². The Bertz CT molecular complexity index is 1280. The number of H-pyrrole nitrogens is 1.